The molecule has 0 radical (unpaired) electrons. The van der Waals surface area contributed by atoms with Crippen LogP contribution in [0.4, 0.5) is 0 Å². The van der Waals surface area contributed by atoms with Crippen LogP contribution in [0.3, 0.4) is 0 Å². The number of thioether (sulfide) groups is 1. The van der Waals surface area contributed by atoms with Crippen LogP contribution in [0.1, 0.15) is 38.7 Å². The Kier molecular flexibility index (Phi) is 6.07. The number of nitrogens with zero attached hydrogens (tertiary/aromatic N) is 2. The lowest BCUT2D eigenvalue weighted by atomic mass is 10.0. The molecule has 1 atom stereocenters. The van der Waals surface area contributed by atoms with E-state index in [9.17, 15) is 4.79 Å². The van der Waals surface area contributed by atoms with Crippen molar-refractivity contribution in [3.05, 3.63) is 23.8 Å². The molecular weight excluding hydrogens is 372 g/mol. The van der Waals surface area contributed by atoms with Crippen molar-refractivity contribution in [2.45, 2.75) is 51.2 Å². The second-order valence-electron chi connectivity index (χ2n) is 8.75. The van der Waals surface area contributed by atoms with Gasteiger partial charge in [0.1, 0.15) is 5.60 Å². The lowest BCUT2D eigenvalue weighted by Crippen LogP contribution is -2.49. The summed E-state index contributed by atoms with van der Waals surface area (Å²) in [6, 6.07) is 6.27. The van der Waals surface area contributed by atoms with E-state index >= 15 is 0 Å². The highest BCUT2D eigenvalue weighted by Crippen LogP contribution is 2.41. The van der Waals surface area contributed by atoms with Gasteiger partial charge in [0.15, 0.2) is 18.1 Å². The fraction of sp³-hybridized carbons (Fsp3) is 0.682. The van der Waals surface area contributed by atoms with Gasteiger partial charge in [0.2, 0.25) is 0 Å². The summed E-state index contributed by atoms with van der Waals surface area (Å²) in [4.78, 5) is 17.7. The van der Waals surface area contributed by atoms with Crippen LogP contribution in [-0.4, -0.2) is 71.6 Å². The highest BCUT2D eigenvalue weighted by atomic mass is 32.2. The van der Waals surface area contributed by atoms with Crippen LogP contribution in [0.2, 0.25) is 0 Å². The molecular formula is C22H32N2O3S. The monoisotopic (exact) mass is 404 g/mol. The minimum Gasteiger partial charge on any atom is -0.483 e. The third kappa shape index (κ3) is 4.60. The first kappa shape index (κ1) is 19.9. The van der Waals surface area contributed by atoms with Gasteiger partial charge in [-0.3, -0.25) is 4.79 Å². The number of likely N-dealkylation sites (tertiary alicyclic amines) is 1. The largest absolute Gasteiger partial charge is 0.483 e. The van der Waals surface area contributed by atoms with E-state index in [2.05, 4.69) is 29.7 Å². The van der Waals surface area contributed by atoms with Crippen molar-refractivity contribution in [1.29, 1.82) is 0 Å². The van der Waals surface area contributed by atoms with Gasteiger partial charge < -0.3 is 19.3 Å². The summed E-state index contributed by atoms with van der Waals surface area (Å²) in [7, 11) is 0. The highest BCUT2D eigenvalue weighted by Gasteiger charge is 2.33. The Morgan fingerprint density at radius 2 is 2.07 bits per heavy atom. The molecule has 5 nitrogen and oxygen atoms in total. The average Bonchev–Trinajstić information content (AvgIpc) is 3.20. The molecule has 6 heteroatoms. The van der Waals surface area contributed by atoms with E-state index in [4.69, 9.17) is 9.47 Å². The number of benzene rings is 1. The second kappa shape index (κ2) is 8.54. The van der Waals surface area contributed by atoms with E-state index in [0.717, 1.165) is 48.7 Å². The summed E-state index contributed by atoms with van der Waals surface area (Å²) in [5, 5.41) is 0. The van der Waals surface area contributed by atoms with Gasteiger partial charge in [-0.2, -0.15) is 11.8 Å². The molecule has 1 aromatic carbocycles. The van der Waals surface area contributed by atoms with Crippen LogP contribution in [0, 0.1) is 0 Å². The zero-order valence-corrected chi connectivity index (χ0v) is 17.9. The number of para-hydroxylation sites is 1. The van der Waals surface area contributed by atoms with E-state index in [0.29, 0.717) is 11.8 Å². The summed E-state index contributed by atoms with van der Waals surface area (Å²) < 4.78 is 12.1. The molecule has 1 aromatic rings. The highest BCUT2D eigenvalue weighted by molar-refractivity contribution is 7.99. The van der Waals surface area contributed by atoms with Crippen molar-refractivity contribution < 1.29 is 14.3 Å². The van der Waals surface area contributed by atoms with E-state index in [-0.39, 0.29) is 18.1 Å². The maximum absolute atomic E-state index is 13.1. The third-order valence-electron chi connectivity index (χ3n) is 5.83. The number of rotatable bonds is 5. The number of carbonyl (C=O) groups excluding carboxylic acids is 1. The molecule has 0 N–H and O–H groups in total. The van der Waals surface area contributed by atoms with Crippen molar-refractivity contribution in [3.63, 3.8) is 0 Å². The summed E-state index contributed by atoms with van der Waals surface area (Å²) in [6.07, 6.45) is 4.50. The van der Waals surface area contributed by atoms with Gasteiger partial charge in [0, 0.05) is 30.8 Å². The summed E-state index contributed by atoms with van der Waals surface area (Å²) in [6.45, 7) is 8.42. The van der Waals surface area contributed by atoms with E-state index in [1.165, 1.54) is 25.9 Å². The second-order valence-corrected chi connectivity index (χ2v) is 9.90. The molecule has 1 unspecified atom stereocenters. The molecule has 0 saturated carbocycles. The lowest BCUT2D eigenvalue weighted by molar-refractivity contribution is -0.135. The third-order valence-corrected chi connectivity index (χ3v) is 7.03. The maximum atomic E-state index is 13.1. The van der Waals surface area contributed by atoms with Gasteiger partial charge in [0.05, 0.1) is 6.04 Å². The summed E-state index contributed by atoms with van der Waals surface area (Å²) in [5.74, 6) is 3.76. The standard InChI is InChI=1S/C22H32N2O3S/c1-22(2)13-17-7-5-8-19(21(17)27-22)26-15-20(25)24-11-6-12-28-16-18(24)14-23-9-3-4-10-23/h5,7-8,18H,3-4,6,9-16H2,1-2H3. The molecule has 3 aliphatic heterocycles. The normalized spacial score (nSPS) is 24.5. The van der Waals surface area contributed by atoms with Gasteiger partial charge in [-0.15, -0.1) is 0 Å². The number of fused-ring (bicyclic) bond motifs is 1. The molecule has 154 valence electrons. The number of ether oxygens (including phenoxy) is 2. The molecule has 0 bridgehead atoms. The Bertz CT molecular complexity index is 703. The van der Waals surface area contributed by atoms with Crippen LogP contribution in [-0.2, 0) is 11.2 Å². The van der Waals surface area contributed by atoms with Gasteiger partial charge in [-0.25, -0.2) is 0 Å². The van der Waals surface area contributed by atoms with Crippen LogP contribution in [0.15, 0.2) is 18.2 Å². The number of hydrogen-bond donors (Lipinski definition) is 0. The predicted molar refractivity (Wildman–Crippen MR) is 113 cm³/mol. The Morgan fingerprint density at radius 3 is 2.89 bits per heavy atom. The van der Waals surface area contributed by atoms with E-state index in [1.54, 1.807) is 0 Å². The smallest absolute Gasteiger partial charge is 0.260 e. The molecule has 0 aliphatic carbocycles. The summed E-state index contributed by atoms with van der Waals surface area (Å²) >= 11 is 1.98. The number of carbonyl (C=O) groups is 1. The number of hydrogen-bond acceptors (Lipinski definition) is 5. The minimum atomic E-state index is -0.214. The molecule has 28 heavy (non-hydrogen) atoms. The number of amides is 1. The Labute approximate surface area is 172 Å². The van der Waals surface area contributed by atoms with Gasteiger partial charge in [-0.05, 0) is 58.0 Å². The SMILES string of the molecule is CC1(C)Cc2cccc(OCC(=O)N3CCCSCC3CN3CCCC3)c2O1. The Morgan fingerprint density at radius 1 is 1.25 bits per heavy atom. The Hall–Kier alpha value is -1.40. The van der Waals surface area contributed by atoms with Crippen molar-refractivity contribution in [2.75, 3.05) is 44.3 Å². The van der Waals surface area contributed by atoms with Crippen LogP contribution < -0.4 is 9.47 Å². The summed E-state index contributed by atoms with van der Waals surface area (Å²) in [5.41, 5.74) is 0.947. The molecule has 1 amide bonds. The molecule has 2 fully saturated rings. The first-order valence-corrected chi connectivity index (χ1v) is 11.7. The first-order valence-electron chi connectivity index (χ1n) is 10.6. The van der Waals surface area contributed by atoms with Crippen LogP contribution in [0.5, 0.6) is 11.5 Å². The molecule has 3 heterocycles. The Balaban J connectivity index is 1.40. The first-order chi connectivity index (χ1) is 13.5. The minimum absolute atomic E-state index is 0.0847. The van der Waals surface area contributed by atoms with Crippen molar-refractivity contribution >= 4 is 17.7 Å². The van der Waals surface area contributed by atoms with Gasteiger partial charge >= 0.3 is 0 Å². The quantitative estimate of drug-likeness (QED) is 0.754. The molecule has 2 saturated heterocycles. The molecule has 4 rings (SSSR count). The average molecular weight is 405 g/mol. The van der Waals surface area contributed by atoms with Gasteiger partial charge in [-0.1, -0.05) is 12.1 Å². The predicted octanol–water partition coefficient (Wildman–Crippen LogP) is 3.21. The maximum Gasteiger partial charge on any atom is 0.260 e. The fourth-order valence-electron chi connectivity index (χ4n) is 4.50. The molecule has 0 spiro atoms. The van der Waals surface area contributed by atoms with Crippen LogP contribution in [0.25, 0.3) is 0 Å². The van der Waals surface area contributed by atoms with Crippen molar-refractivity contribution in [3.8, 4) is 11.5 Å². The molecule has 3 aliphatic rings. The van der Waals surface area contributed by atoms with E-state index in [1.807, 2.05) is 23.9 Å². The topological polar surface area (TPSA) is 42.0 Å². The van der Waals surface area contributed by atoms with E-state index < -0.39 is 0 Å². The van der Waals surface area contributed by atoms with Crippen LogP contribution >= 0.6 is 11.8 Å². The lowest BCUT2D eigenvalue weighted by Gasteiger charge is -2.32. The van der Waals surface area contributed by atoms with Crippen molar-refractivity contribution in [2.24, 2.45) is 0 Å². The molecule has 0 aromatic heterocycles. The zero-order chi connectivity index (χ0) is 19.6. The van der Waals surface area contributed by atoms with Crippen molar-refractivity contribution in [1.82, 2.24) is 9.80 Å². The zero-order valence-electron chi connectivity index (χ0n) is 17.1. The fourth-order valence-corrected chi connectivity index (χ4v) is 5.55. The van der Waals surface area contributed by atoms with Gasteiger partial charge in [0.25, 0.3) is 5.91 Å².